The maximum absolute atomic E-state index is 13.0. The quantitative estimate of drug-likeness (QED) is 0.657. The summed E-state index contributed by atoms with van der Waals surface area (Å²) < 4.78 is 13.0. The number of nitriles is 1. The summed E-state index contributed by atoms with van der Waals surface area (Å²) in [6, 6.07) is 21.0. The van der Waals surface area contributed by atoms with Gasteiger partial charge in [0.1, 0.15) is 6.17 Å². The van der Waals surface area contributed by atoms with Gasteiger partial charge in [-0.15, -0.1) is 0 Å². The lowest BCUT2D eigenvalue weighted by atomic mass is 10.0. The molecule has 1 fully saturated rings. The van der Waals surface area contributed by atoms with Crippen LogP contribution in [0, 0.1) is 11.3 Å². The average Bonchev–Trinajstić information content (AvgIpc) is 3.39. The monoisotopic (exact) mass is 352 g/mol. The van der Waals surface area contributed by atoms with Crippen LogP contribution in [0.4, 0.5) is 4.39 Å². The number of hydrogen-bond acceptors (Lipinski definition) is 2. The Hall–Kier alpha value is -2.18. The Bertz CT molecular complexity index is 676. The molecule has 0 bridgehead atoms. The van der Waals surface area contributed by atoms with Crippen molar-refractivity contribution in [2.75, 3.05) is 20.1 Å². The summed E-state index contributed by atoms with van der Waals surface area (Å²) in [7, 11) is 2.19. The third-order valence-corrected chi connectivity index (χ3v) is 4.75. The molecule has 1 aliphatic rings. The summed E-state index contributed by atoms with van der Waals surface area (Å²) in [6.07, 6.45) is 3.49. The van der Waals surface area contributed by atoms with Crippen LogP contribution in [0.15, 0.2) is 54.6 Å². The fraction of sp³-hybridized carbons (Fsp3) is 0.435. The Balaban J connectivity index is 0.000000758. The van der Waals surface area contributed by atoms with Gasteiger partial charge in [0.25, 0.3) is 0 Å². The number of hydrogen-bond donors (Lipinski definition) is 0. The molecule has 2 unspecified atom stereocenters. The lowest BCUT2D eigenvalue weighted by Gasteiger charge is -2.16. The van der Waals surface area contributed by atoms with Crippen molar-refractivity contribution in [3.63, 3.8) is 0 Å². The van der Waals surface area contributed by atoms with Crippen LogP contribution in [0.2, 0.25) is 0 Å². The molecule has 2 aromatic carbocycles. The number of alkyl halides is 1. The first kappa shape index (κ1) is 20.1. The van der Waals surface area contributed by atoms with Crippen molar-refractivity contribution in [3.05, 3.63) is 71.3 Å². The largest absolute Gasteiger partial charge is 0.306 e. The second-order valence-electron chi connectivity index (χ2n) is 6.97. The van der Waals surface area contributed by atoms with E-state index >= 15 is 0 Å². The third kappa shape index (κ3) is 6.98. The Labute approximate surface area is 157 Å². The van der Waals surface area contributed by atoms with Crippen molar-refractivity contribution in [3.8, 4) is 6.07 Å². The fourth-order valence-electron chi connectivity index (χ4n) is 3.07. The van der Waals surface area contributed by atoms with Crippen LogP contribution < -0.4 is 0 Å². The van der Waals surface area contributed by atoms with Crippen molar-refractivity contribution in [1.82, 2.24) is 4.90 Å². The van der Waals surface area contributed by atoms with Crippen molar-refractivity contribution in [2.45, 2.75) is 44.7 Å². The van der Waals surface area contributed by atoms with E-state index in [0.29, 0.717) is 6.42 Å². The molecule has 0 amide bonds. The lowest BCUT2D eigenvalue weighted by Crippen LogP contribution is -2.22. The SMILES string of the molecule is CC#N.CN(CCCc1ccc(C2CC2F)cc1)CCc1ccccc1. The Morgan fingerprint density at radius 2 is 1.58 bits per heavy atom. The minimum Gasteiger partial charge on any atom is -0.306 e. The van der Waals surface area contributed by atoms with Gasteiger partial charge >= 0.3 is 0 Å². The highest BCUT2D eigenvalue weighted by molar-refractivity contribution is 5.30. The summed E-state index contributed by atoms with van der Waals surface area (Å²) in [4.78, 5) is 2.40. The second-order valence-corrected chi connectivity index (χ2v) is 6.97. The number of nitrogens with zero attached hydrogens (tertiary/aromatic N) is 2. The molecule has 0 spiro atoms. The summed E-state index contributed by atoms with van der Waals surface area (Å²) in [5, 5.41) is 7.32. The minimum absolute atomic E-state index is 0.174. The van der Waals surface area contributed by atoms with Crippen LogP contribution in [0.25, 0.3) is 0 Å². The molecular formula is C23H29FN2. The number of aryl methyl sites for hydroxylation is 1. The molecule has 0 heterocycles. The van der Waals surface area contributed by atoms with E-state index in [2.05, 4.69) is 66.5 Å². The van der Waals surface area contributed by atoms with Gasteiger partial charge < -0.3 is 4.90 Å². The second kappa shape index (κ2) is 10.7. The van der Waals surface area contributed by atoms with Gasteiger partial charge in [0.2, 0.25) is 0 Å². The number of rotatable bonds is 8. The number of halogens is 1. The molecule has 3 rings (SSSR count). The third-order valence-electron chi connectivity index (χ3n) is 4.75. The molecule has 3 heteroatoms. The van der Waals surface area contributed by atoms with E-state index < -0.39 is 6.17 Å². The summed E-state index contributed by atoms with van der Waals surface area (Å²) in [6.45, 7) is 3.65. The lowest BCUT2D eigenvalue weighted by molar-refractivity contribution is 0.333. The van der Waals surface area contributed by atoms with Gasteiger partial charge in [-0.1, -0.05) is 54.6 Å². The molecule has 26 heavy (non-hydrogen) atoms. The van der Waals surface area contributed by atoms with Crippen molar-refractivity contribution in [2.24, 2.45) is 0 Å². The van der Waals surface area contributed by atoms with Crippen LogP contribution >= 0.6 is 0 Å². The highest BCUT2D eigenvalue weighted by Crippen LogP contribution is 2.43. The van der Waals surface area contributed by atoms with Crippen LogP contribution in [-0.2, 0) is 12.8 Å². The molecule has 2 aromatic rings. The standard InChI is InChI=1S/C21H26FN.C2H3N/c1-23(15-13-17-6-3-2-4-7-17)14-5-8-18-9-11-19(12-10-18)20-16-21(20)22;1-2-3/h2-4,6-7,9-12,20-21H,5,8,13-16H2,1H3;1H3. The Morgan fingerprint density at radius 3 is 2.15 bits per heavy atom. The minimum atomic E-state index is -0.598. The molecule has 1 aliphatic carbocycles. The molecule has 0 aromatic heterocycles. The predicted molar refractivity (Wildman–Crippen MR) is 106 cm³/mol. The van der Waals surface area contributed by atoms with Crippen molar-refractivity contribution >= 4 is 0 Å². The maximum atomic E-state index is 13.0. The zero-order chi connectivity index (χ0) is 18.8. The van der Waals surface area contributed by atoms with Gasteiger partial charge in [0, 0.05) is 19.4 Å². The van der Waals surface area contributed by atoms with Crippen LogP contribution in [0.3, 0.4) is 0 Å². The topological polar surface area (TPSA) is 27.0 Å². The van der Waals surface area contributed by atoms with Gasteiger partial charge in [0.15, 0.2) is 0 Å². The van der Waals surface area contributed by atoms with Crippen molar-refractivity contribution < 1.29 is 4.39 Å². The molecule has 138 valence electrons. The summed E-state index contributed by atoms with van der Waals surface area (Å²) in [5.74, 6) is 0.174. The normalized spacial score (nSPS) is 18.0. The number of benzene rings is 2. The molecule has 1 saturated carbocycles. The summed E-state index contributed by atoms with van der Waals surface area (Å²) in [5.41, 5.74) is 3.93. The average molecular weight is 352 g/mol. The van der Waals surface area contributed by atoms with Gasteiger partial charge in [-0.3, -0.25) is 0 Å². The van der Waals surface area contributed by atoms with E-state index in [1.165, 1.54) is 30.0 Å². The van der Waals surface area contributed by atoms with E-state index in [9.17, 15) is 4.39 Å². The van der Waals surface area contributed by atoms with E-state index in [4.69, 9.17) is 5.26 Å². The van der Waals surface area contributed by atoms with Gasteiger partial charge in [0.05, 0.1) is 6.07 Å². The Kier molecular flexibility index (Phi) is 8.31. The smallest absolute Gasteiger partial charge is 0.108 e. The Morgan fingerprint density at radius 1 is 1.00 bits per heavy atom. The van der Waals surface area contributed by atoms with Gasteiger partial charge in [-0.2, -0.15) is 5.26 Å². The first-order valence-electron chi connectivity index (χ1n) is 9.40. The van der Waals surface area contributed by atoms with E-state index in [0.717, 1.165) is 25.9 Å². The maximum Gasteiger partial charge on any atom is 0.108 e. The highest BCUT2D eigenvalue weighted by Gasteiger charge is 2.38. The predicted octanol–water partition coefficient (Wildman–Crippen LogP) is 5.15. The fourth-order valence-corrected chi connectivity index (χ4v) is 3.07. The van der Waals surface area contributed by atoms with E-state index in [1.807, 2.05) is 0 Å². The molecular weight excluding hydrogens is 323 g/mol. The molecule has 0 N–H and O–H groups in total. The molecule has 0 radical (unpaired) electrons. The molecule has 2 nitrogen and oxygen atoms in total. The van der Waals surface area contributed by atoms with Gasteiger partial charge in [-0.05, 0) is 56.0 Å². The van der Waals surface area contributed by atoms with Crippen LogP contribution in [0.5, 0.6) is 0 Å². The van der Waals surface area contributed by atoms with Crippen LogP contribution in [0.1, 0.15) is 42.4 Å². The first-order valence-corrected chi connectivity index (χ1v) is 9.40. The highest BCUT2D eigenvalue weighted by atomic mass is 19.1. The van der Waals surface area contributed by atoms with Gasteiger partial charge in [-0.25, -0.2) is 4.39 Å². The van der Waals surface area contributed by atoms with Crippen molar-refractivity contribution in [1.29, 1.82) is 5.26 Å². The molecule has 0 aliphatic heterocycles. The van der Waals surface area contributed by atoms with Crippen LogP contribution in [-0.4, -0.2) is 31.2 Å². The first-order chi connectivity index (χ1) is 12.6. The molecule has 0 saturated heterocycles. The van der Waals surface area contributed by atoms with E-state index in [1.54, 1.807) is 6.07 Å². The molecule has 2 atom stereocenters. The zero-order valence-electron chi connectivity index (χ0n) is 15.9. The zero-order valence-corrected chi connectivity index (χ0v) is 15.9. The van der Waals surface area contributed by atoms with E-state index in [-0.39, 0.29) is 5.92 Å². The summed E-state index contributed by atoms with van der Waals surface area (Å²) >= 11 is 0. The number of likely N-dealkylation sites (N-methyl/N-ethyl adjacent to an activating group) is 1.